The fourth-order valence-corrected chi connectivity index (χ4v) is 2.40. The molecule has 0 bridgehead atoms. The number of hydrogen-bond donors (Lipinski definition) is 0. The summed E-state index contributed by atoms with van der Waals surface area (Å²) in [5.74, 6) is 0.273. The number of amides is 1. The van der Waals surface area contributed by atoms with Crippen LogP contribution in [0.25, 0.3) is 6.08 Å². The maximum absolute atomic E-state index is 11.6. The second-order valence-corrected chi connectivity index (χ2v) is 4.96. The first-order valence-corrected chi connectivity index (χ1v) is 6.94. The molecule has 1 aromatic carbocycles. The van der Waals surface area contributed by atoms with Gasteiger partial charge in [-0.15, -0.1) is 0 Å². The lowest BCUT2D eigenvalue weighted by molar-refractivity contribution is -0.132. The lowest BCUT2D eigenvalue weighted by Crippen LogP contribution is -2.48. The highest BCUT2D eigenvalue weighted by Gasteiger charge is 2.19. The molecule has 1 amide bonds. The summed E-state index contributed by atoms with van der Waals surface area (Å²) >= 11 is 0. The van der Waals surface area contributed by atoms with Gasteiger partial charge in [0.2, 0.25) is 5.91 Å². The van der Waals surface area contributed by atoms with Gasteiger partial charge in [0.1, 0.15) is 0 Å². The molecule has 3 heteroatoms. The van der Waals surface area contributed by atoms with E-state index in [1.54, 1.807) is 0 Å². The molecular weight excluding hydrogens is 236 g/mol. The van der Waals surface area contributed by atoms with Gasteiger partial charge in [-0.2, -0.15) is 0 Å². The van der Waals surface area contributed by atoms with Crippen LogP contribution in [0, 0.1) is 0 Å². The molecule has 0 aromatic heterocycles. The van der Waals surface area contributed by atoms with Crippen molar-refractivity contribution >= 4 is 12.0 Å². The molecule has 2 rings (SSSR count). The van der Waals surface area contributed by atoms with Gasteiger partial charge in [-0.3, -0.25) is 9.69 Å². The lowest BCUT2D eigenvalue weighted by atomic mass is 10.1. The summed E-state index contributed by atoms with van der Waals surface area (Å²) in [7, 11) is 0. The van der Waals surface area contributed by atoms with Gasteiger partial charge in [-0.25, -0.2) is 0 Å². The van der Waals surface area contributed by atoms with Gasteiger partial charge in [-0.05, 0) is 11.1 Å². The van der Waals surface area contributed by atoms with Crippen molar-refractivity contribution in [2.24, 2.45) is 0 Å². The molecule has 0 aliphatic carbocycles. The smallest absolute Gasteiger partial charge is 0.222 e. The summed E-state index contributed by atoms with van der Waals surface area (Å²) in [6.45, 7) is 10.3. The average molecular weight is 258 g/mol. The van der Waals surface area contributed by atoms with Crippen LogP contribution < -0.4 is 0 Å². The molecule has 0 N–H and O–H groups in total. The highest BCUT2D eigenvalue weighted by Crippen LogP contribution is 2.11. The molecular formula is C16H22N2O. The zero-order valence-electron chi connectivity index (χ0n) is 11.6. The number of carbonyl (C=O) groups excluding carboxylic acids is 1. The Morgan fingerprint density at radius 1 is 1.21 bits per heavy atom. The van der Waals surface area contributed by atoms with Gasteiger partial charge in [0.25, 0.3) is 0 Å². The van der Waals surface area contributed by atoms with Crippen LogP contribution in [0.5, 0.6) is 0 Å². The third-order valence-electron chi connectivity index (χ3n) is 3.65. The first-order chi connectivity index (χ1) is 9.22. The standard InChI is InChI=1S/C16H22N2O/c1-3-14-5-7-15(8-6-14)13-17-9-11-18(12-10-17)16(19)4-2/h3,5-8H,1,4,9-13H2,2H3. The van der Waals surface area contributed by atoms with Gasteiger partial charge < -0.3 is 4.90 Å². The van der Waals surface area contributed by atoms with Crippen molar-refractivity contribution < 1.29 is 4.79 Å². The van der Waals surface area contributed by atoms with Crippen LogP contribution in [-0.4, -0.2) is 41.9 Å². The lowest BCUT2D eigenvalue weighted by Gasteiger charge is -2.34. The minimum Gasteiger partial charge on any atom is -0.340 e. The molecule has 0 spiro atoms. The van der Waals surface area contributed by atoms with E-state index in [9.17, 15) is 4.79 Å². The summed E-state index contributed by atoms with van der Waals surface area (Å²) in [5, 5.41) is 0. The first-order valence-electron chi connectivity index (χ1n) is 6.94. The van der Waals surface area contributed by atoms with Crippen LogP contribution in [0.3, 0.4) is 0 Å². The molecule has 1 saturated heterocycles. The van der Waals surface area contributed by atoms with E-state index in [4.69, 9.17) is 0 Å². The van der Waals surface area contributed by atoms with E-state index in [2.05, 4.69) is 35.7 Å². The summed E-state index contributed by atoms with van der Waals surface area (Å²) in [6.07, 6.45) is 2.47. The molecule has 1 aliphatic rings. The normalized spacial score (nSPS) is 16.4. The average Bonchev–Trinajstić information content (AvgIpc) is 2.48. The number of nitrogens with zero attached hydrogens (tertiary/aromatic N) is 2. The van der Waals surface area contributed by atoms with Gasteiger partial charge >= 0.3 is 0 Å². The monoisotopic (exact) mass is 258 g/mol. The Hall–Kier alpha value is -1.61. The van der Waals surface area contributed by atoms with E-state index in [1.165, 1.54) is 5.56 Å². The van der Waals surface area contributed by atoms with Gasteiger partial charge in [0.15, 0.2) is 0 Å². The predicted molar refractivity (Wildman–Crippen MR) is 78.7 cm³/mol. The molecule has 0 unspecified atom stereocenters. The van der Waals surface area contributed by atoms with E-state index in [1.807, 2.05) is 17.9 Å². The van der Waals surface area contributed by atoms with Crippen LogP contribution in [0.2, 0.25) is 0 Å². The van der Waals surface area contributed by atoms with Gasteiger partial charge in [0.05, 0.1) is 0 Å². The number of carbonyl (C=O) groups is 1. The quantitative estimate of drug-likeness (QED) is 0.828. The molecule has 19 heavy (non-hydrogen) atoms. The highest BCUT2D eigenvalue weighted by atomic mass is 16.2. The second-order valence-electron chi connectivity index (χ2n) is 4.96. The molecule has 1 heterocycles. The van der Waals surface area contributed by atoms with Gasteiger partial charge in [0, 0.05) is 39.1 Å². The Morgan fingerprint density at radius 3 is 2.37 bits per heavy atom. The summed E-state index contributed by atoms with van der Waals surface area (Å²) in [5.41, 5.74) is 2.47. The largest absolute Gasteiger partial charge is 0.340 e. The van der Waals surface area contributed by atoms with Crippen molar-refractivity contribution in [1.82, 2.24) is 9.80 Å². The summed E-state index contributed by atoms with van der Waals surface area (Å²) < 4.78 is 0. The van der Waals surface area contributed by atoms with Crippen LogP contribution in [-0.2, 0) is 11.3 Å². The molecule has 1 aromatic rings. The van der Waals surface area contributed by atoms with Crippen molar-refractivity contribution in [2.45, 2.75) is 19.9 Å². The van der Waals surface area contributed by atoms with Crippen LogP contribution in [0.15, 0.2) is 30.8 Å². The number of piperazine rings is 1. The Kier molecular flexibility index (Phi) is 4.74. The summed E-state index contributed by atoms with van der Waals surface area (Å²) in [4.78, 5) is 16.0. The molecule has 1 fully saturated rings. The zero-order valence-corrected chi connectivity index (χ0v) is 11.6. The van der Waals surface area contributed by atoms with E-state index in [0.29, 0.717) is 6.42 Å². The van der Waals surface area contributed by atoms with Crippen LogP contribution in [0.1, 0.15) is 24.5 Å². The third-order valence-corrected chi connectivity index (χ3v) is 3.65. The van der Waals surface area contributed by atoms with Crippen molar-refractivity contribution in [3.05, 3.63) is 42.0 Å². The Bertz CT molecular complexity index is 431. The number of hydrogen-bond acceptors (Lipinski definition) is 2. The zero-order chi connectivity index (χ0) is 13.7. The summed E-state index contributed by atoms with van der Waals surface area (Å²) in [6, 6.07) is 8.50. The maximum Gasteiger partial charge on any atom is 0.222 e. The molecule has 3 nitrogen and oxygen atoms in total. The van der Waals surface area contributed by atoms with E-state index in [-0.39, 0.29) is 5.91 Å². The molecule has 102 valence electrons. The van der Waals surface area contributed by atoms with E-state index >= 15 is 0 Å². The fourth-order valence-electron chi connectivity index (χ4n) is 2.40. The molecule has 0 saturated carbocycles. The highest BCUT2D eigenvalue weighted by molar-refractivity contribution is 5.75. The SMILES string of the molecule is C=Cc1ccc(CN2CCN(C(=O)CC)CC2)cc1. The predicted octanol–water partition coefficient (Wildman–Crippen LogP) is 2.38. The van der Waals surface area contributed by atoms with Crippen molar-refractivity contribution in [2.75, 3.05) is 26.2 Å². The minimum absolute atomic E-state index is 0.273. The maximum atomic E-state index is 11.6. The minimum atomic E-state index is 0.273. The van der Waals surface area contributed by atoms with Gasteiger partial charge in [-0.1, -0.05) is 43.8 Å². The Morgan fingerprint density at radius 2 is 1.84 bits per heavy atom. The fraction of sp³-hybridized carbons (Fsp3) is 0.438. The van der Waals surface area contributed by atoms with Crippen LogP contribution in [0.4, 0.5) is 0 Å². The van der Waals surface area contributed by atoms with Crippen molar-refractivity contribution in [1.29, 1.82) is 0 Å². The van der Waals surface area contributed by atoms with E-state index < -0.39 is 0 Å². The first kappa shape index (κ1) is 13.8. The van der Waals surface area contributed by atoms with E-state index in [0.717, 1.165) is 38.3 Å². The molecule has 1 aliphatic heterocycles. The number of benzene rings is 1. The molecule has 0 radical (unpaired) electrons. The van der Waals surface area contributed by atoms with Crippen molar-refractivity contribution in [3.63, 3.8) is 0 Å². The molecule has 0 atom stereocenters. The second kappa shape index (κ2) is 6.53. The van der Waals surface area contributed by atoms with Crippen molar-refractivity contribution in [3.8, 4) is 0 Å². The van der Waals surface area contributed by atoms with Crippen LogP contribution >= 0.6 is 0 Å². The third kappa shape index (κ3) is 3.67. The topological polar surface area (TPSA) is 23.6 Å². The Balaban J connectivity index is 1.84. The Labute approximate surface area is 115 Å². The number of rotatable bonds is 4.